The Hall–Kier alpha value is -3.56. The van der Waals surface area contributed by atoms with E-state index in [1.54, 1.807) is 42.5 Å². The van der Waals surface area contributed by atoms with Crippen molar-refractivity contribution in [3.05, 3.63) is 58.8 Å². The molecular weight excluding hydrogens is 462 g/mol. The second kappa shape index (κ2) is 10.1. The number of halogens is 1. The lowest BCUT2D eigenvalue weighted by molar-refractivity contribution is -0.120. The molecule has 34 heavy (non-hydrogen) atoms. The van der Waals surface area contributed by atoms with Crippen molar-refractivity contribution in [2.24, 2.45) is 0 Å². The number of amides is 3. The van der Waals surface area contributed by atoms with Gasteiger partial charge in [0.15, 0.2) is 0 Å². The average Bonchev–Trinajstić information content (AvgIpc) is 3.45. The first-order valence-corrected chi connectivity index (χ1v) is 11.1. The summed E-state index contributed by atoms with van der Waals surface area (Å²) in [5.74, 6) is -0.731. The van der Waals surface area contributed by atoms with Crippen molar-refractivity contribution in [1.82, 2.24) is 5.32 Å². The number of carbonyl (C=O) groups is 3. The SMILES string of the molecule is COc1ccc(N2C(=O)C(Cl)=C(Nc3ccc(C(=O)NCC4CCCO4)cc3)C2=O)c(OC)c1. The smallest absolute Gasteiger partial charge is 0.283 e. The van der Waals surface area contributed by atoms with Crippen molar-refractivity contribution >= 4 is 40.7 Å². The Balaban J connectivity index is 1.46. The zero-order valence-electron chi connectivity index (χ0n) is 18.7. The molecule has 0 saturated carbocycles. The van der Waals surface area contributed by atoms with Crippen LogP contribution in [0.1, 0.15) is 23.2 Å². The fourth-order valence-corrected chi connectivity index (χ4v) is 3.98. The van der Waals surface area contributed by atoms with Gasteiger partial charge in [0.25, 0.3) is 17.7 Å². The molecule has 1 unspecified atom stereocenters. The lowest BCUT2D eigenvalue weighted by Crippen LogP contribution is -2.32. The van der Waals surface area contributed by atoms with Gasteiger partial charge in [-0.05, 0) is 49.2 Å². The highest BCUT2D eigenvalue weighted by Crippen LogP contribution is 2.37. The van der Waals surface area contributed by atoms with Crippen LogP contribution in [0.25, 0.3) is 0 Å². The van der Waals surface area contributed by atoms with Gasteiger partial charge in [-0.2, -0.15) is 0 Å². The minimum atomic E-state index is -0.678. The third-order valence-corrected chi connectivity index (χ3v) is 5.94. The number of ether oxygens (including phenoxy) is 3. The molecule has 2 aliphatic rings. The van der Waals surface area contributed by atoms with Crippen LogP contribution in [-0.2, 0) is 14.3 Å². The van der Waals surface area contributed by atoms with Gasteiger partial charge in [-0.25, -0.2) is 4.90 Å². The standard InChI is InChI=1S/C24H24ClN3O6/c1-32-16-9-10-18(19(12-16)33-2)28-23(30)20(25)21(24(28)31)27-15-7-5-14(6-8-15)22(29)26-13-17-4-3-11-34-17/h5-10,12,17,27H,3-4,11,13H2,1-2H3,(H,26,29). The quantitative estimate of drug-likeness (QED) is 0.553. The summed E-state index contributed by atoms with van der Waals surface area (Å²) in [4.78, 5) is 39.2. The molecule has 0 bridgehead atoms. The van der Waals surface area contributed by atoms with Crippen molar-refractivity contribution in [2.75, 3.05) is 37.6 Å². The van der Waals surface area contributed by atoms with E-state index in [0.29, 0.717) is 23.5 Å². The summed E-state index contributed by atoms with van der Waals surface area (Å²) in [5.41, 5.74) is 1.13. The van der Waals surface area contributed by atoms with E-state index in [4.69, 9.17) is 25.8 Å². The number of carbonyl (C=O) groups excluding carboxylic acids is 3. The van der Waals surface area contributed by atoms with Crippen LogP contribution in [-0.4, -0.2) is 51.2 Å². The summed E-state index contributed by atoms with van der Waals surface area (Å²) in [5, 5.41) is 5.50. The van der Waals surface area contributed by atoms with E-state index >= 15 is 0 Å². The van der Waals surface area contributed by atoms with Crippen LogP contribution in [0.4, 0.5) is 11.4 Å². The highest BCUT2D eigenvalue weighted by molar-refractivity contribution is 6.53. The van der Waals surface area contributed by atoms with Gasteiger partial charge < -0.3 is 24.8 Å². The van der Waals surface area contributed by atoms with Crippen molar-refractivity contribution in [3.63, 3.8) is 0 Å². The van der Waals surface area contributed by atoms with Crippen LogP contribution in [0.15, 0.2) is 53.2 Å². The lowest BCUT2D eigenvalue weighted by Gasteiger charge is -2.18. The maximum atomic E-state index is 13.1. The van der Waals surface area contributed by atoms with E-state index in [2.05, 4.69) is 10.6 Å². The number of methoxy groups -OCH3 is 2. The Morgan fingerprint density at radius 2 is 1.88 bits per heavy atom. The molecular formula is C24H24ClN3O6. The molecule has 0 aliphatic carbocycles. The molecule has 1 fully saturated rings. The molecule has 10 heteroatoms. The summed E-state index contributed by atoms with van der Waals surface area (Å²) < 4.78 is 16.0. The Labute approximate surface area is 201 Å². The van der Waals surface area contributed by atoms with Crippen molar-refractivity contribution in [1.29, 1.82) is 0 Å². The van der Waals surface area contributed by atoms with Gasteiger partial charge in [0, 0.05) is 30.5 Å². The molecule has 3 amide bonds. The van der Waals surface area contributed by atoms with E-state index in [0.717, 1.165) is 24.3 Å². The first kappa shape index (κ1) is 23.6. The highest BCUT2D eigenvalue weighted by atomic mass is 35.5. The van der Waals surface area contributed by atoms with Crippen LogP contribution in [0.5, 0.6) is 11.5 Å². The van der Waals surface area contributed by atoms with Crippen LogP contribution < -0.4 is 25.0 Å². The number of hydrogen-bond acceptors (Lipinski definition) is 7. The van der Waals surface area contributed by atoms with Crippen molar-refractivity contribution in [3.8, 4) is 11.5 Å². The fourth-order valence-electron chi connectivity index (χ4n) is 3.76. The zero-order chi connectivity index (χ0) is 24.2. The summed E-state index contributed by atoms with van der Waals surface area (Å²) in [7, 11) is 2.93. The van der Waals surface area contributed by atoms with Gasteiger partial charge in [-0.3, -0.25) is 14.4 Å². The van der Waals surface area contributed by atoms with E-state index in [1.165, 1.54) is 14.2 Å². The minimum Gasteiger partial charge on any atom is -0.497 e. The average molecular weight is 486 g/mol. The summed E-state index contributed by atoms with van der Waals surface area (Å²) >= 11 is 6.22. The molecule has 2 aliphatic heterocycles. The number of rotatable bonds is 8. The molecule has 0 radical (unpaired) electrons. The van der Waals surface area contributed by atoms with E-state index in [9.17, 15) is 14.4 Å². The maximum Gasteiger partial charge on any atom is 0.283 e. The van der Waals surface area contributed by atoms with Gasteiger partial charge in [-0.15, -0.1) is 0 Å². The molecule has 2 aromatic carbocycles. The van der Waals surface area contributed by atoms with E-state index in [-0.39, 0.29) is 34.2 Å². The van der Waals surface area contributed by atoms with Crippen LogP contribution in [0, 0.1) is 0 Å². The highest BCUT2D eigenvalue weighted by Gasteiger charge is 2.40. The second-order valence-corrected chi connectivity index (χ2v) is 8.10. The van der Waals surface area contributed by atoms with Gasteiger partial charge in [0.05, 0.1) is 26.0 Å². The predicted octanol–water partition coefficient (Wildman–Crippen LogP) is 3.05. The Bertz CT molecular complexity index is 1140. The maximum absolute atomic E-state index is 13.1. The summed E-state index contributed by atoms with van der Waals surface area (Å²) in [6.45, 7) is 1.19. The lowest BCUT2D eigenvalue weighted by atomic mass is 10.1. The topological polar surface area (TPSA) is 106 Å². The Morgan fingerprint density at radius 1 is 1.12 bits per heavy atom. The minimum absolute atomic E-state index is 0.0529. The number of hydrogen-bond donors (Lipinski definition) is 2. The van der Waals surface area contributed by atoms with Crippen LogP contribution in [0.2, 0.25) is 0 Å². The van der Waals surface area contributed by atoms with Crippen molar-refractivity contribution in [2.45, 2.75) is 18.9 Å². The van der Waals surface area contributed by atoms with Crippen LogP contribution in [0.3, 0.4) is 0 Å². The summed E-state index contributed by atoms with van der Waals surface area (Å²) in [6.07, 6.45) is 1.99. The molecule has 178 valence electrons. The Kier molecular flexibility index (Phi) is 7.04. The molecule has 1 saturated heterocycles. The number of benzene rings is 2. The molecule has 2 heterocycles. The van der Waals surface area contributed by atoms with Crippen LogP contribution >= 0.6 is 11.6 Å². The molecule has 0 aromatic heterocycles. The molecule has 2 N–H and O–H groups in total. The number of anilines is 2. The first-order valence-electron chi connectivity index (χ1n) is 10.7. The van der Waals surface area contributed by atoms with Gasteiger partial charge in [0.2, 0.25) is 0 Å². The second-order valence-electron chi connectivity index (χ2n) is 7.72. The zero-order valence-corrected chi connectivity index (χ0v) is 19.5. The van der Waals surface area contributed by atoms with Crippen molar-refractivity contribution < 1.29 is 28.6 Å². The number of nitrogens with zero attached hydrogens (tertiary/aromatic N) is 1. The summed E-state index contributed by atoms with van der Waals surface area (Å²) in [6, 6.07) is 11.2. The number of imide groups is 1. The van der Waals surface area contributed by atoms with Gasteiger partial charge in [-0.1, -0.05) is 11.6 Å². The largest absolute Gasteiger partial charge is 0.497 e. The molecule has 4 rings (SSSR count). The number of nitrogens with one attached hydrogen (secondary N) is 2. The third-order valence-electron chi connectivity index (χ3n) is 5.59. The van der Waals surface area contributed by atoms with E-state index < -0.39 is 11.8 Å². The molecule has 0 spiro atoms. The Morgan fingerprint density at radius 3 is 2.53 bits per heavy atom. The van der Waals surface area contributed by atoms with E-state index in [1.807, 2.05) is 0 Å². The fraction of sp³-hybridized carbons (Fsp3) is 0.292. The molecule has 1 atom stereocenters. The normalized spacial score (nSPS) is 17.9. The monoisotopic (exact) mass is 485 g/mol. The molecule has 9 nitrogen and oxygen atoms in total. The molecule has 2 aromatic rings. The van der Waals surface area contributed by atoms with Gasteiger partial charge >= 0.3 is 0 Å². The first-order chi connectivity index (χ1) is 16.4. The third kappa shape index (κ3) is 4.71. The predicted molar refractivity (Wildman–Crippen MR) is 126 cm³/mol. The van der Waals surface area contributed by atoms with Gasteiger partial charge in [0.1, 0.15) is 22.2 Å².